The van der Waals surface area contributed by atoms with E-state index in [2.05, 4.69) is 5.32 Å². The Morgan fingerprint density at radius 3 is 2.67 bits per heavy atom. The highest BCUT2D eigenvalue weighted by Crippen LogP contribution is 2.47. The zero-order valence-electron chi connectivity index (χ0n) is 19.0. The van der Waals surface area contributed by atoms with Gasteiger partial charge in [0.1, 0.15) is 12.5 Å². The Hall–Kier alpha value is -1.96. The monoisotopic (exact) mass is 511 g/mol. The number of hydrogen-bond acceptors (Lipinski definition) is 7. The number of rotatable bonds is 7. The quantitative estimate of drug-likeness (QED) is 0.316. The number of dihydropyridines is 1. The molecule has 1 aliphatic carbocycles. The second-order valence-electron chi connectivity index (χ2n) is 8.01. The predicted octanol–water partition coefficient (Wildman–Crippen LogP) is 4.90. The smallest absolute Gasteiger partial charge is 0.336 e. The number of hydrogen-bond donors (Lipinski definition) is 1. The first kappa shape index (κ1) is 25.7. The summed E-state index contributed by atoms with van der Waals surface area (Å²) < 4.78 is 10.5. The van der Waals surface area contributed by atoms with Crippen LogP contribution in [0.4, 0.5) is 0 Å². The van der Waals surface area contributed by atoms with Gasteiger partial charge in [0.2, 0.25) is 0 Å². The molecule has 1 aromatic rings. The minimum atomic E-state index is -0.965. The van der Waals surface area contributed by atoms with Crippen LogP contribution in [0.5, 0.6) is 0 Å². The van der Waals surface area contributed by atoms with Gasteiger partial charge in [-0.05, 0) is 36.6 Å². The Labute approximate surface area is 208 Å². The Morgan fingerprint density at radius 2 is 2.00 bits per heavy atom. The van der Waals surface area contributed by atoms with Gasteiger partial charge in [-0.1, -0.05) is 49.2 Å². The Morgan fingerprint density at radius 1 is 1.27 bits per heavy atom. The minimum absolute atomic E-state index is 0.242. The second kappa shape index (κ2) is 11.0. The molecule has 0 radical (unpaired) electrons. The lowest BCUT2D eigenvalue weighted by atomic mass is 9.69. The molecular weight excluding hydrogens is 485 g/mol. The fraction of sp³-hybridized carbons (Fsp3) is 0.458. The van der Waals surface area contributed by atoms with Gasteiger partial charge in [0.25, 0.3) is 0 Å². The Bertz CT molecular complexity index is 1040. The number of methoxy groups -OCH3 is 1. The number of ketones is 1. The van der Waals surface area contributed by atoms with Crippen molar-refractivity contribution in [2.24, 2.45) is 11.8 Å². The number of benzene rings is 1. The van der Waals surface area contributed by atoms with Crippen molar-refractivity contribution in [3.05, 3.63) is 56.3 Å². The standard InChI is InChI=1S/C24H27Cl2NO5S/c1-5-33-10-9-32-24(30)18-13(3)27-16-11-12(2)17(23(29)31-4)22(28)20(16)19(18)14-7-6-8-15(25)21(14)26/h6-8,12,17,19,27H,5,9-11H2,1-4H3. The summed E-state index contributed by atoms with van der Waals surface area (Å²) in [7, 11) is 1.26. The zero-order valence-corrected chi connectivity index (χ0v) is 21.3. The molecule has 178 valence electrons. The van der Waals surface area contributed by atoms with Gasteiger partial charge in [0, 0.05) is 28.6 Å². The number of halogens is 2. The predicted molar refractivity (Wildman–Crippen MR) is 130 cm³/mol. The van der Waals surface area contributed by atoms with Crippen LogP contribution in [0.15, 0.2) is 40.7 Å². The number of carbonyl (C=O) groups excluding carboxylic acids is 3. The number of carbonyl (C=O) groups is 3. The van der Waals surface area contributed by atoms with Crippen molar-refractivity contribution < 1.29 is 23.9 Å². The lowest BCUT2D eigenvalue weighted by Crippen LogP contribution is -2.43. The number of nitrogens with one attached hydrogen (secondary N) is 1. The number of Topliss-reactive ketones (excluding diaryl/α,β-unsaturated/α-hetero) is 1. The summed E-state index contributed by atoms with van der Waals surface area (Å²) in [5.74, 6) is -1.98. The van der Waals surface area contributed by atoms with Gasteiger partial charge in [-0.2, -0.15) is 11.8 Å². The van der Waals surface area contributed by atoms with E-state index in [1.54, 1.807) is 36.9 Å². The summed E-state index contributed by atoms with van der Waals surface area (Å²) in [6, 6.07) is 5.10. The summed E-state index contributed by atoms with van der Waals surface area (Å²) >= 11 is 14.5. The molecule has 9 heteroatoms. The summed E-state index contributed by atoms with van der Waals surface area (Å²) in [4.78, 5) is 39.4. The molecule has 6 nitrogen and oxygen atoms in total. The zero-order chi connectivity index (χ0) is 24.3. The summed E-state index contributed by atoms with van der Waals surface area (Å²) in [5.41, 5.74) is 2.38. The Kier molecular flexibility index (Phi) is 8.54. The normalized spacial score (nSPS) is 22.6. The van der Waals surface area contributed by atoms with Crippen LogP contribution >= 0.6 is 35.0 Å². The van der Waals surface area contributed by atoms with E-state index >= 15 is 0 Å². The Balaban J connectivity index is 2.13. The average Bonchev–Trinajstić information content (AvgIpc) is 2.77. The molecular formula is C24H27Cl2NO5S. The molecule has 0 fully saturated rings. The average molecular weight is 512 g/mol. The van der Waals surface area contributed by atoms with Crippen LogP contribution in [0.25, 0.3) is 0 Å². The van der Waals surface area contributed by atoms with Crippen LogP contribution < -0.4 is 5.32 Å². The van der Waals surface area contributed by atoms with Crippen molar-refractivity contribution >= 4 is 52.7 Å². The van der Waals surface area contributed by atoms with E-state index < -0.39 is 23.8 Å². The molecule has 1 aromatic carbocycles. The lowest BCUT2D eigenvalue weighted by Gasteiger charge is -2.38. The summed E-state index contributed by atoms with van der Waals surface area (Å²) in [5, 5.41) is 3.78. The molecule has 0 aromatic heterocycles. The molecule has 3 atom stereocenters. The molecule has 0 saturated carbocycles. The SMILES string of the molecule is CCSCCOC(=O)C1=C(C)NC2=C(C(=O)C(C(=O)OC)C(C)C2)C1c1cccc(Cl)c1Cl. The van der Waals surface area contributed by atoms with Gasteiger partial charge in [0.05, 0.1) is 22.7 Å². The van der Waals surface area contributed by atoms with E-state index in [4.69, 9.17) is 32.7 Å². The molecule has 0 saturated heterocycles. The van der Waals surface area contributed by atoms with Crippen LogP contribution in [0.2, 0.25) is 10.0 Å². The first-order chi connectivity index (χ1) is 15.7. The highest BCUT2D eigenvalue weighted by atomic mass is 35.5. The second-order valence-corrected chi connectivity index (χ2v) is 10.2. The van der Waals surface area contributed by atoms with Crippen LogP contribution in [0.1, 0.15) is 38.7 Å². The van der Waals surface area contributed by atoms with Crippen molar-refractivity contribution in [1.29, 1.82) is 0 Å². The largest absolute Gasteiger partial charge is 0.468 e. The van der Waals surface area contributed by atoms with Crippen molar-refractivity contribution in [3.8, 4) is 0 Å². The van der Waals surface area contributed by atoms with E-state index in [9.17, 15) is 14.4 Å². The minimum Gasteiger partial charge on any atom is -0.468 e. The van der Waals surface area contributed by atoms with E-state index in [-0.39, 0.29) is 28.9 Å². The van der Waals surface area contributed by atoms with Crippen molar-refractivity contribution in [1.82, 2.24) is 5.32 Å². The number of thioether (sulfide) groups is 1. The molecule has 3 unspecified atom stereocenters. The third-order valence-corrected chi connectivity index (χ3v) is 7.62. The van der Waals surface area contributed by atoms with Gasteiger partial charge < -0.3 is 14.8 Å². The maximum absolute atomic E-state index is 13.7. The maximum atomic E-state index is 13.7. The van der Waals surface area contributed by atoms with Crippen LogP contribution in [0, 0.1) is 11.8 Å². The number of esters is 2. The molecule has 1 heterocycles. The highest BCUT2D eigenvalue weighted by molar-refractivity contribution is 7.99. The van der Waals surface area contributed by atoms with Gasteiger partial charge in [-0.3, -0.25) is 9.59 Å². The van der Waals surface area contributed by atoms with Crippen molar-refractivity contribution in [2.45, 2.75) is 33.1 Å². The third-order valence-electron chi connectivity index (χ3n) is 5.92. The maximum Gasteiger partial charge on any atom is 0.336 e. The van der Waals surface area contributed by atoms with E-state index in [0.29, 0.717) is 39.7 Å². The van der Waals surface area contributed by atoms with Gasteiger partial charge in [-0.15, -0.1) is 0 Å². The van der Waals surface area contributed by atoms with Crippen LogP contribution in [-0.4, -0.2) is 42.9 Å². The van der Waals surface area contributed by atoms with Gasteiger partial charge in [0.15, 0.2) is 5.78 Å². The molecule has 33 heavy (non-hydrogen) atoms. The summed E-state index contributed by atoms with van der Waals surface area (Å²) in [6.07, 6.45) is 0.447. The fourth-order valence-electron chi connectivity index (χ4n) is 4.42. The van der Waals surface area contributed by atoms with E-state index in [1.165, 1.54) is 7.11 Å². The highest BCUT2D eigenvalue weighted by Gasteiger charge is 2.47. The number of ether oxygens (including phenoxy) is 2. The topological polar surface area (TPSA) is 81.7 Å². The molecule has 1 aliphatic heterocycles. The molecule has 2 aliphatic rings. The van der Waals surface area contributed by atoms with Gasteiger partial charge in [-0.25, -0.2) is 4.79 Å². The van der Waals surface area contributed by atoms with E-state index in [1.807, 2.05) is 13.8 Å². The van der Waals surface area contributed by atoms with Crippen LogP contribution in [0.3, 0.4) is 0 Å². The lowest BCUT2D eigenvalue weighted by molar-refractivity contribution is -0.151. The molecule has 0 bridgehead atoms. The van der Waals surface area contributed by atoms with Crippen LogP contribution in [-0.2, 0) is 23.9 Å². The fourth-order valence-corrected chi connectivity index (χ4v) is 5.33. The molecule has 1 N–H and O–H groups in total. The van der Waals surface area contributed by atoms with Crippen molar-refractivity contribution in [2.75, 3.05) is 25.2 Å². The molecule has 0 spiro atoms. The number of allylic oxidation sites excluding steroid dienone is 3. The first-order valence-electron chi connectivity index (χ1n) is 10.7. The van der Waals surface area contributed by atoms with E-state index in [0.717, 1.165) is 5.75 Å². The first-order valence-corrected chi connectivity index (χ1v) is 12.7. The van der Waals surface area contributed by atoms with Crippen molar-refractivity contribution in [3.63, 3.8) is 0 Å². The third kappa shape index (κ3) is 5.10. The summed E-state index contributed by atoms with van der Waals surface area (Å²) in [6.45, 7) is 5.88. The molecule has 0 amide bonds. The van der Waals surface area contributed by atoms with Gasteiger partial charge >= 0.3 is 11.9 Å². The molecule has 3 rings (SSSR count).